The van der Waals surface area contributed by atoms with Crippen molar-refractivity contribution in [1.29, 1.82) is 0 Å². The number of hydrogen-bond acceptors (Lipinski definition) is 5. The van der Waals surface area contributed by atoms with Gasteiger partial charge in [-0.15, -0.1) is 0 Å². The van der Waals surface area contributed by atoms with Crippen LogP contribution in [0.4, 0.5) is 0 Å². The molecule has 1 aliphatic rings. The topological polar surface area (TPSA) is 70.3 Å². The Labute approximate surface area is 98.9 Å². The van der Waals surface area contributed by atoms with Gasteiger partial charge in [-0.05, 0) is 12.8 Å². The van der Waals surface area contributed by atoms with E-state index in [4.69, 9.17) is 26.8 Å². The number of rotatable bonds is 3. The van der Waals surface area contributed by atoms with Crippen molar-refractivity contribution < 1.29 is 9.47 Å². The van der Waals surface area contributed by atoms with E-state index in [1.54, 1.807) is 0 Å². The predicted molar refractivity (Wildman–Crippen MR) is 59.5 cm³/mol. The van der Waals surface area contributed by atoms with E-state index in [-0.39, 0.29) is 5.54 Å². The van der Waals surface area contributed by atoms with E-state index in [0.717, 1.165) is 12.8 Å². The average Bonchev–Trinajstić information content (AvgIpc) is 2.28. The van der Waals surface area contributed by atoms with Crippen LogP contribution in [0.25, 0.3) is 0 Å². The van der Waals surface area contributed by atoms with Gasteiger partial charge in [-0.1, -0.05) is 11.6 Å². The van der Waals surface area contributed by atoms with Crippen LogP contribution >= 0.6 is 11.6 Å². The van der Waals surface area contributed by atoms with Crippen LogP contribution in [0.5, 0.6) is 5.88 Å². The smallest absolute Gasteiger partial charge is 0.233 e. The standard InChI is InChI=1S/C10H14ClN3O2/c11-8-5-13-6-9(14-8)16-7-10(12)1-3-15-4-2-10/h5-6H,1-4,7,12H2. The van der Waals surface area contributed by atoms with Gasteiger partial charge in [-0.3, -0.25) is 4.98 Å². The van der Waals surface area contributed by atoms with Gasteiger partial charge < -0.3 is 15.2 Å². The van der Waals surface area contributed by atoms with Gasteiger partial charge in [0.15, 0.2) is 5.15 Å². The molecule has 2 rings (SSSR count). The molecule has 0 spiro atoms. The molecule has 0 atom stereocenters. The Morgan fingerprint density at radius 2 is 2.19 bits per heavy atom. The maximum Gasteiger partial charge on any atom is 0.233 e. The predicted octanol–water partition coefficient (Wildman–Crippen LogP) is 1.02. The SMILES string of the molecule is NC1(COc2cncc(Cl)n2)CCOCC1. The van der Waals surface area contributed by atoms with E-state index in [2.05, 4.69) is 9.97 Å². The fraction of sp³-hybridized carbons (Fsp3) is 0.600. The quantitative estimate of drug-likeness (QED) is 0.858. The first-order chi connectivity index (χ1) is 7.68. The van der Waals surface area contributed by atoms with Crippen LogP contribution < -0.4 is 10.5 Å². The van der Waals surface area contributed by atoms with Crippen LogP contribution in [0.3, 0.4) is 0 Å². The second-order valence-electron chi connectivity index (χ2n) is 3.94. The molecule has 6 heteroatoms. The van der Waals surface area contributed by atoms with E-state index in [1.807, 2.05) is 0 Å². The first-order valence-corrected chi connectivity index (χ1v) is 5.53. The lowest BCUT2D eigenvalue weighted by molar-refractivity contribution is 0.0334. The van der Waals surface area contributed by atoms with E-state index in [1.165, 1.54) is 12.4 Å². The summed E-state index contributed by atoms with van der Waals surface area (Å²) in [6, 6.07) is 0. The largest absolute Gasteiger partial charge is 0.475 e. The Hall–Kier alpha value is -0.910. The fourth-order valence-corrected chi connectivity index (χ4v) is 1.67. The van der Waals surface area contributed by atoms with Crippen LogP contribution in [0.15, 0.2) is 12.4 Å². The highest BCUT2D eigenvalue weighted by Gasteiger charge is 2.29. The zero-order valence-electron chi connectivity index (χ0n) is 8.86. The molecule has 1 fully saturated rings. The van der Waals surface area contributed by atoms with Gasteiger partial charge in [-0.25, -0.2) is 0 Å². The number of nitrogens with zero attached hydrogens (tertiary/aromatic N) is 2. The molecule has 0 aliphatic carbocycles. The summed E-state index contributed by atoms with van der Waals surface area (Å²) < 4.78 is 10.7. The Morgan fingerprint density at radius 3 is 2.88 bits per heavy atom. The van der Waals surface area contributed by atoms with Gasteiger partial charge in [0, 0.05) is 13.2 Å². The first kappa shape index (κ1) is 11.6. The minimum absolute atomic E-state index is 0.315. The van der Waals surface area contributed by atoms with Crippen LogP contribution in [0.1, 0.15) is 12.8 Å². The third kappa shape index (κ3) is 3.04. The summed E-state index contributed by atoms with van der Waals surface area (Å²) in [5.41, 5.74) is 5.83. The summed E-state index contributed by atoms with van der Waals surface area (Å²) in [5, 5.41) is 0.315. The maximum atomic E-state index is 6.16. The summed E-state index contributed by atoms with van der Waals surface area (Å²) in [4.78, 5) is 7.87. The van der Waals surface area contributed by atoms with Crippen molar-refractivity contribution in [3.8, 4) is 5.88 Å². The summed E-state index contributed by atoms with van der Waals surface area (Å²) in [5.74, 6) is 0.406. The third-order valence-corrected chi connectivity index (χ3v) is 2.76. The number of halogens is 1. The molecule has 0 radical (unpaired) electrons. The molecule has 2 heterocycles. The highest BCUT2D eigenvalue weighted by atomic mass is 35.5. The Kier molecular flexibility index (Phi) is 3.58. The number of aromatic nitrogens is 2. The second-order valence-corrected chi connectivity index (χ2v) is 4.33. The van der Waals surface area contributed by atoms with Crippen molar-refractivity contribution in [2.75, 3.05) is 19.8 Å². The summed E-state index contributed by atoms with van der Waals surface area (Å²) in [6.07, 6.45) is 4.57. The molecular weight excluding hydrogens is 230 g/mol. The van der Waals surface area contributed by atoms with Crippen LogP contribution in [0.2, 0.25) is 5.15 Å². The molecule has 0 aromatic carbocycles. The van der Waals surface area contributed by atoms with Crippen molar-refractivity contribution >= 4 is 11.6 Å². The fourth-order valence-electron chi connectivity index (χ4n) is 1.54. The summed E-state index contributed by atoms with van der Waals surface area (Å²) >= 11 is 5.70. The second kappa shape index (κ2) is 4.95. The highest BCUT2D eigenvalue weighted by molar-refractivity contribution is 6.29. The lowest BCUT2D eigenvalue weighted by atomic mass is 9.92. The Morgan fingerprint density at radius 1 is 1.44 bits per heavy atom. The number of hydrogen-bond donors (Lipinski definition) is 1. The molecule has 2 N–H and O–H groups in total. The highest BCUT2D eigenvalue weighted by Crippen LogP contribution is 2.19. The zero-order valence-corrected chi connectivity index (χ0v) is 9.61. The molecule has 1 aromatic heterocycles. The molecule has 1 aliphatic heterocycles. The summed E-state index contributed by atoms with van der Waals surface area (Å²) in [6.45, 7) is 1.77. The molecule has 0 saturated carbocycles. The minimum atomic E-state index is -0.331. The van der Waals surface area contributed by atoms with Crippen LogP contribution in [-0.2, 0) is 4.74 Å². The molecule has 16 heavy (non-hydrogen) atoms. The zero-order chi connectivity index (χ0) is 11.4. The van der Waals surface area contributed by atoms with Crippen LogP contribution in [-0.4, -0.2) is 35.3 Å². The molecule has 0 amide bonds. The molecule has 1 saturated heterocycles. The van der Waals surface area contributed by atoms with E-state index >= 15 is 0 Å². The van der Waals surface area contributed by atoms with E-state index < -0.39 is 0 Å². The molecule has 1 aromatic rings. The molecule has 88 valence electrons. The van der Waals surface area contributed by atoms with Crippen molar-refractivity contribution in [1.82, 2.24) is 9.97 Å². The normalized spacial score (nSPS) is 19.4. The molecular formula is C10H14ClN3O2. The van der Waals surface area contributed by atoms with Gasteiger partial charge in [0.2, 0.25) is 5.88 Å². The lowest BCUT2D eigenvalue weighted by Crippen LogP contribution is -2.49. The van der Waals surface area contributed by atoms with Crippen LogP contribution in [0, 0.1) is 0 Å². The van der Waals surface area contributed by atoms with E-state index in [0.29, 0.717) is 30.9 Å². The Bertz CT molecular complexity index is 356. The van der Waals surface area contributed by atoms with E-state index in [9.17, 15) is 0 Å². The average molecular weight is 244 g/mol. The monoisotopic (exact) mass is 243 g/mol. The van der Waals surface area contributed by atoms with Gasteiger partial charge in [-0.2, -0.15) is 4.98 Å². The summed E-state index contributed by atoms with van der Waals surface area (Å²) in [7, 11) is 0. The lowest BCUT2D eigenvalue weighted by Gasteiger charge is -2.32. The van der Waals surface area contributed by atoms with Gasteiger partial charge in [0.05, 0.1) is 17.9 Å². The third-order valence-electron chi connectivity index (χ3n) is 2.58. The maximum absolute atomic E-state index is 6.16. The molecule has 0 bridgehead atoms. The van der Waals surface area contributed by atoms with Crippen molar-refractivity contribution in [3.05, 3.63) is 17.5 Å². The van der Waals surface area contributed by atoms with Gasteiger partial charge >= 0.3 is 0 Å². The number of nitrogens with two attached hydrogens (primary N) is 1. The van der Waals surface area contributed by atoms with Gasteiger partial charge in [0.1, 0.15) is 6.61 Å². The molecule has 0 unspecified atom stereocenters. The van der Waals surface area contributed by atoms with Gasteiger partial charge in [0.25, 0.3) is 0 Å². The molecule has 5 nitrogen and oxygen atoms in total. The Balaban J connectivity index is 1.91. The van der Waals surface area contributed by atoms with Crippen molar-refractivity contribution in [3.63, 3.8) is 0 Å². The first-order valence-electron chi connectivity index (χ1n) is 5.15. The minimum Gasteiger partial charge on any atom is -0.475 e. The van der Waals surface area contributed by atoms with Crippen molar-refractivity contribution in [2.45, 2.75) is 18.4 Å². The van der Waals surface area contributed by atoms with Crippen molar-refractivity contribution in [2.24, 2.45) is 5.73 Å². The number of ether oxygens (including phenoxy) is 2.